The van der Waals surface area contributed by atoms with Crippen molar-refractivity contribution in [3.8, 4) is 11.4 Å². The maximum Gasteiger partial charge on any atom is 0.227 e. The number of carbonyl (C=O) groups is 1. The molecule has 0 unspecified atom stereocenters. The van der Waals surface area contributed by atoms with Gasteiger partial charge < -0.3 is 10.3 Å². The van der Waals surface area contributed by atoms with Gasteiger partial charge in [0.2, 0.25) is 5.91 Å². The van der Waals surface area contributed by atoms with E-state index < -0.39 is 0 Å². The number of nitrogens with zero attached hydrogens (tertiary/aromatic N) is 1. The molecule has 0 aliphatic heterocycles. The summed E-state index contributed by atoms with van der Waals surface area (Å²) in [5.74, 6) is 0.953. The van der Waals surface area contributed by atoms with Crippen LogP contribution < -0.4 is 5.32 Å². The molecular weight excluding hydrogens is 298 g/mol. The molecule has 3 aromatic rings. The molecule has 2 aromatic carbocycles. The Morgan fingerprint density at radius 1 is 1.17 bits per heavy atom. The number of hydrogen-bond donors (Lipinski definition) is 2. The Hall–Kier alpha value is -2.62. The number of fused-ring (bicyclic) bond motifs is 1. The van der Waals surface area contributed by atoms with Crippen LogP contribution in [0.2, 0.25) is 0 Å². The molecule has 0 saturated heterocycles. The highest BCUT2D eigenvalue weighted by Gasteiger charge is 2.14. The molecule has 2 N–H and O–H groups in total. The van der Waals surface area contributed by atoms with Crippen molar-refractivity contribution in [1.82, 2.24) is 9.97 Å². The fraction of sp³-hybridized carbons (Fsp3) is 0.300. The lowest BCUT2D eigenvalue weighted by Crippen LogP contribution is -2.21. The number of anilines is 1. The molecule has 3 rings (SSSR count). The lowest BCUT2D eigenvalue weighted by atomic mass is 10.0. The minimum absolute atomic E-state index is 0.0582. The highest BCUT2D eigenvalue weighted by atomic mass is 16.1. The molecule has 0 saturated carbocycles. The molecule has 0 aliphatic carbocycles. The molecule has 124 valence electrons. The highest BCUT2D eigenvalue weighted by Crippen LogP contribution is 2.24. The first-order valence-electron chi connectivity index (χ1n) is 8.48. The number of aromatic nitrogens is 2. The van der Waals surface area contributed by atoms with E-state index in [9.17, 15) is 4.79 Å². The van der Waals surface area contributed by atoms with Crippen molar-refractivity contribution >= 4 is 22.6 Å². The van der Waals surface area contributed by atoms with Gasteiger partial charge in [-0.1, -0.05) is 32.0 Å². The SMILES string of the molecule is CCC(CC)C(=O)Nc1cccc(-c2nc3ccc(C)cc3[nH]2)c1. The Kier molecular flexibility index (Phi) is 4.65. The summed E-state index contributed by atoms with van der Waals surface area (Å²) < 4.78 is 0. The lowest BCUT2D eigenvalue weighted by Gasteiger charge is -2.13. The Morgan fingerprint density at radius 2 is 1.96 bits per heavy atom. The molecule has 0 radical (unpaired) electrons. The first kappa shape index (κ1) is 16.2. The number of carbonyl (C=O) groups excluding carboxylic acids is 1. The highest BCUT2D eigenvalue weighted by molar-refractivity contribution is 5.93. The monoisotopic (exact) mass is 321 g/mol. The molecule has 0 aliphatic rings. The number of H-pyrrole nitrogens is 1. The summed E-state index contributed by atoms with van der Waals surface area (Å²) in [6.07, 6.45) is 1.70. The molecule has 0 fully saturated rings. The van der Waals surface area contributed by atoms with Gasteiger partial charge in [0.25, 0.3) is 0 Å². The molecule has 4 heteroatoms. The van der Waals surface area contributed by atoms with Crippen LogP contribution in [0.3, 0.4) is 0 Å². The zero-order chi connectivity index (χ0) is 17.1. The van der Waals surface area contributed by atoms with Crippen LogP contribution in [0.1, 0.15) is 32.3 Å². The van der Waals surface area contributed by atoms with Crippen LogP contribution in [0.25, 0.3) is 22.4 Å². The van der Waals surface area contributed by atoms with Gasteiger partial charge in [-0.2, -0.15) is 0 Å². The first-order valence-corrected chi connectivity index (χ1v) is 8.48. The van der Waals surface area contributed by atoms with Gasteiger partial charge in [-0.25, -0.2) is 4.98 Å². The van der Waals surface area contributed by atoms with Crippen LogP contribution in [-0.4, -0.2) is 15.9 Å². The molecule has 24 heavy (non-hydrogen) atoms. The molecule has 1 aromatic heterocycles. The smallest absolute Gasteiger partial charge is 0.227 e. The van der Waals surface area contributed by atoms with E-state index in [-0.39, 0.29) is 11.8 Å². The zero-order valence-electron chi connectivity index (χ0n) is 14.4. The molecule has 1 amide bonds. The predicted octanol–water partition coefficient (Wildman–Crippen LogP) is 4.91. The minimum Gasteiger partial charge on any atom is -0.338 e. The van der Waals surface area contributed by atoms with Crippen LogP contribution in [0.5, 0.6) is 0 Å². The Balaban J connectivity index is 1.87. The van der Waals surface area contributed by atoms with Crippen LogP contribution in [0, 0.1) is 12.8 Å². The number of rotatable bonds is 5. The average molecular weight is 321 g/mol. The van der Waals surface area contributed by atoms with Crippen molar-refractivity contribution in [2.75, 3.05) is 5.32 Å². The summed E-state index contributed by atoms with van der Waals surface area (Å²) in [5.41, 5.74) is 4.94. The summed E-state index contributed by atoms with van der Waals surface area (Å²) in [5, 5.41) is 3.02. The Labute approximate surface area is 142 Å². The molecule has 0 bridgehead atoms. The summed E-state index contributed by atoms with van der Waals surface area (Å²) in [6, 6.07) is 14.0. The van der Waals surface area contributed by atoms with Crippen molar-refractivity contribution in [2.24, 2.45) is 5.92 Å². The number of imidazole rings is 1. The van der Waals surface area contributed by atoms with Gasteiger partial charge in [0.15, 0.2) is 0 Å². The van der Waals surface area contributed by atoms with Crippen LogP contribution in [-0.2, 0) is 4.79 Å². The third-order valence-corrected chi connectivity index (χ3v) is 4.40. The maximum absolute atomic E-state index is 12.3. The second-order valence-electron chi connectivity index (χ2n) is 6.19. The predicted molar refractivity (Wildman–Crippen MR) is 99.0 cm³/mol. The third-order valence-electron chi connectivity index (χ3n) is 4.40. The molecule has 0 atom stereocenters. The fourth-order valence-electron chi connectivity index (χ4n) is 2.91. The standard InChI is InChI=1S/C20H23N3O/c1-4-14(5-2)20(24)21-16-8-6-7-15(12-16)19-22-17-10-9-13(3)11-18(17)23-19/h6-12,14H,4-5H2,1-3H3,(H,21,24)(H,22,23). The third kappa shape index (κ3) is 3.32. The Bertz CT molecular complexity index is 862. The van der Waals surface area contributed by atoms with Crippen molar-refractivity contribution in [3.63, 3.8) is 0 Å². The van der Waals surface area contributed by atoms with E-state index in [0.29, 0.717) is 0 Å². The van der Waals surface area contributed by atoms with Crippen LogP contribution in [0.4, 0.5) is 5.69 Å². The van der Waals surface area contributed by atoms with E-state index in [4.69, 9.17) is 0 Å². The van der Waals surface area contributed by atoms with Gasteiger partial charge in [-0.3, -0.25) is 4.79 Å². The van der Waals surface area contributed by atoms with E-state index in [0.717, 1.165) is 41.0 Å². The number of hydrogen-bond acceptors (Lipinski definition) is 2. The van der Waals surface area contributed by atoms with E-state index in [2.05, 4.69) is 34.3 Å². The van der Waals surface area contributed by atoms with Crippen LogP contribution in [0.15, 0.2) is 42.5 Å². The number of aryl methyl sites for hydroxylation is 1. The zero-order valence-corrected chi connectivity index (χ0v) is 14.4. The quantitative estimate of drug-likeness (QED) is 0.701. The van der Waals surface area contributed by atoms with Crippen molar-refractivity contribution < 1.29 is 4.79 Å². The number of aromatic amines is 1. The number of benzene rings is 2. The molecular formula is C20H23N3O. The molecule has 4 nitrogen and oxygen atoms in total. The summed E-state index contributed by atoms with van der Waals surface area (Å²) in [4.78, 5) is 20.3. The minimum atomic E-state index is 0.0582. The van der Waals surface area contributed by atoms with E-state index in [1.165, 1.54) is 5.56 Å². The van der Waals surface area contributed by atoms with Gasteiger partial charge >= 0.3 is 0 Å². The van der Waals surface area contributed by atoms with Crippen LogP contribution >= 0.6 is 0 Å². The fourth-order valence-corrected chi connectivity index (χ4v) is 2.91. The first-order chi connectivity index (χ1) is 11.6. The second kappa shape index (κ2) is 6.87. The van der Waals surface area contributed by atoms with Gasteiger partial charge in [0.05, 0.1) is 11.0 Å². The topological polar surface area (TPSA) is 57.8 Å². The van der Waals surface area contributed by atoms with E-state index >= 15 is 0 Å². The largest absolute Gasteiger partial charge is 0.338 e. The van der Waals surface area contributed by atoms with E-state index in [1.807, 2.05) is 44.2 Å². The summed E-state index contributed by atoms with van der Waals surface area (Å²) in [7, 11) is 0. The van der Waals surface area contributed by atoms with Crippen molar-refractivity contribution in [2.45, 2.75) is 33.6 Å². The summed E-state index contributed by atoms with van der Waals surface area (Å²) in [6.45, 7) is 6.15. The van der Waals surface area contributed by atoms with Crippen molar-refractivity contribution in [1.29, 1.82) is 0 Å². The maximum atomic E-state index is 12.3. The van der Waals surface area contributed by atoms with Gasteiger partial charge in [-0.05, 0) is 49.6 Å². The van der Waals surface area contributed by atoms with Crippen molar-refractivity contribution in [3.05, 3.63) is 48.0 Å². The van der Waals surface area contributed by atoms with Gasteiger partial charge in [-0.15, -0.1) is 0 Å². The van der Waals surface area contributed by atoms with E-state index in [1.54, 1.807) is 0 Å². The second-order valence-corrected chi connectivity index (χ2v) is 6.19. The summed E-state index contributed by atoms with van der Waals surface area (Å²) >= 11 is 0. The number of nitrogens with one attached hydrogen (secondary N) is 2. The number of amides is 1. The normalized spacial score (nSPS) is 11.2. The van der Waals surface area contributed by atoms with Gasteiger partial charge in [0.1, 0.15) is 5.82 Å². The molecule has 0 spiro atoms. The lowest BCUT2D eigenvalue weighted by molar-refractivity contribution is -0.120. The van der Waals surface area contributed by atoms with Gasteiger partial charge in [0, 0.05) is 17.2 Å². The Morgan fingerprint density at radius 3 is 2.71 bits per heavy atom. The average Bonchev–Trinajstić information content (AvgIpc) is 2.99. The molecule has 1 heterocycles.